The number of hydrogen-bond donors (Lipinski definition) is 1. The number of rotatable bonds is 3. The van der Waals surface area contributed by atoms with Gasteiger partial charge in [0.15, 0.2) is 0 Å². The van der Waals surface area contributed by atoms with Crippen LogP contribution >= 0.6 is 0 Å². The van der Waals surface area contributed by atoms with E-state index in [0.29, 0.717) is 12.3 Å². The summed E-state index contributed by atoms with van der Waals surface area (Å²) in [5.41, 5.74) is 0. The van der Waals surface area contributed by atoms with Gasteiger partial charge in [-0.2, -0.15) is 0 Å². The number of ether oxygens (including phenoxy) is 1. The zero-order valence-corrected chi connectivity index (χ0v) is 8.18. The van der Waals surface area contributed by atoms with Crippen LogP contribution in [0.4, 0.5) is 0 Å². The fourth-order valence-corrected chi connectivity index (χ4v) is 1.59. The summed E-state index contributed by atoms with van der Waals surface area (Å²) in [7, 11) is 0. The highest BCUT2D eigenvalue weighted by Gasteiger charge is 2.19. The largest absolute Gasteiger partial charge is 0.474 e. The molecule has 2 heterocycles. The zero-order valence-electron chi connectivity index (χ0n) is 8.18. The monoisotopic (exact) mass is 212 g/mol. The maximum absolute atomic E-state index is 10.5. The summed E-state index contributed by atoms with van der Waals surface area (Å²) in [6.07, 6.45) is 3.76. The van der Waals surface area contributed by atoms with Crippen molar-refractivity contribution >= 4 is 5.97 Å². The Labute approximate surface area is 86.3 Å². The van der Waals surface area contributed by atoms with Gasteiger partial charge in [0.2, 0.25) is 5.89 Å². The molecule has 1 atom stereocenters. The van der Waals surface area contributed by atoms with E-state index < -0.39 is 5.97 Å². The van der Waals surface area contributed by atoms with Gasteiger partial charge in [0.05, 0.1) is 12.5 Å². The molecule has 2 rings (SSSR count). The molecule has 1 fully saturated rings. The van der Waals surface area contributed by atoms with Crippen LogP contribution in [0.25, 0.3) is 0 Å². The van der Waals surface area contributed by atoms with Crippen LogP contribution in [0, 0.1) is 0 Å². The molecular formula is C9H12N2O4. The second-order valence-corrected chi connectivity index (χ2v) is 3.50. The molecule has 1 saturated heterocycles. The van der Waals surface area contributed by atoms with Gasteiger partial charge in [0.25, 0.3) is 0 Å². The van der Waals surface area contributed by atoms with Crippen LogP contribution in [-0.2, 0) is 11.2 Å². The third-order valence-corrected chi connectivity index (χ3v) is 2.33. The van der Waals surface area contributed by atoms with Crippen molar-refractivity contribution < 1.29 is 19.1 Å². The minimum Gasteiger partial charge on any atom is -0.474 e. The van der Waals surface area contributed by atoms with E-state index in [1.54, 1.807) is 0 Å². The normalized spacial score (nSPS) is 21.5. The standard InChI is InChI=1S/C9H12N2O4/c12-9(13)8-11-10-7(15-8)5-6-3-1-2-4-14-6/h6H,1-5H2,(H,12,13). The Bertz CT molecular complexity index is 344. The van der Waals surface area contributed by atoms with Crippen molar-refractivity contribution in [3.8, 4) is 0 Å². The summed E-state index contributed by atoms with van der Waals surface area (Å²) >= 11 is 0. The van der Waals surface area contributed by atoms with Crippen molar-refractivity contribution in [2.24, 2.45) is 0 Å². The zero-order chi connectivity index (χ0) is 10.7. The lowest BCUT2D eigenvalue weighted by Crippen LogP contribution is -2.21. The fourth-order valence-electron chi connectivity index (χ4n) is 1.59. The highest BCUT2D eigenvalue weighted by Crippen LogP contribution is 2.16. The van der Waals surface area contributed by atoms with Gasteiger partial charge in [-0.1, -0.05) is 0 Å². The maximum atomic E-state index is 10.5. The van der Waals surface area contributed by atoms with E-state index in [1.807, 2.05) is 0 Å². The van der Waals surface area contributed by atoms with Crippen molar-refractivity contribution in [1.82, 2.24) is 10.2 Å². The molecule has 1 aliphatic rings. The van der Waals surface area contributed by atoms with Crippen molar-refractivity contribution in [2.75, 3.05) is 6.61 Å². The smallest absolute Gasteiger partial charge is 0.393 e. The first kappa shape index (κ1) is 10.1. The first-order chi connectivity index (χ1) is 7.25. The van der Waals surface area contributed by atoms with E-state index in [0.717, 1.165) is 25.9 Å². The molecule has 1 aromatic heterocycles. The van der Waals surface area contributed by atoms with Gasteiger partial charge >= 0.3 is 11.9 Å². The topological polar surface area (TPSA) is 85.5 Å². The lowest BCUT2D eigenvalue weighted by molar-refractivity contribution is 0.0129. The molecule has 6 nitrogen and oxygen atoms in total. The molecule has 0 aliphatic carbocycles. The van der Waals surface area contributed by atoms with Crippen molar-refractivity contribution in [2.45, 2.75) is 31.8 Å². The number of hydrogen-bond acceptors (Lipinski definition) is 5. The van der Waals surface area contributed by atoms with E-state index in [2.05, 4.69) is 10.2 Å². The van der Waals surface area contributed by atoms with Crippen LogP contribution < -0.4 is 0 Å². The van der Waals surface area contributed by atoms with Gasteiger partial charge in [0, 0.05) is 6.61 Å². The van der Waals surface area contributed by atoms with E-state index >= 15 is 0 Å². The van der Waals surface area contributed by atoms with Gasteiger partial charge < -0.3 is 14.3 Å². The van der Waals surface area contributed by atoms with Crippen LogP contribution in [0.15, 0.2) is 4.42 Å². The number of carbonyl (C=O) groups is 1. The Kier molecular flexibility index (Phi) is 2.96. The summed E-state index contributed by atoms with van der Waals surface area (Å²) < 4.78 is 10.4. The number of carboxylic acids is 1. The summed E-state index contributed by atoms with van der Waals surface area (Å²) in [6.45, 7) is 0.755. The molecule has 0 spiro atoms. The Morgan fingerprint density at radius 3 is 2.93 bits per heavy atom. The number of nitrogens with zero attached hydrogens (tertiary/aromatic N) is 2. The lowest BCUT2D eigenvalue weighted by Gasteiger charge is -2.20. The first-order valence-electron chi connectivity index (χ1n) is 4.93. The second-order valence-electron chi connectivity index (χ2n) is 3.50. The average Bonchev–Trinajstić information content (AvgIpc) is 2.68. The summed E-state index contributed by atoms with van der Waals surface area (Å²) in [5, 5.41) is 15.6. The van der Waals surface area contributed by atoms with Gasteiger partial charge in [-0.3, -0.25) is 0 Å². The van der Waals surface area contributed by atoms with Gasteiger partial charge in [-0.25, -0.2) is 4.79 Å². The van der Waals surface area contributed by atoms with E-state index in [1.165, 1.54) is 0 Å². The van der Waals surface area contributed by atoms with Crippen LogP contribution in [-0.4, -0.2) is 34.0 Å². The number of carboxylic acid groups (broad SMARTS) is 1. The fraction of sp³-hybridized carbons (Fsp3) is 0.667. The molecule has 0 aromatic carbocycles. The Hall–Kier alpha value is -1.43. The molecule has 6 heteroatoms. The van der Waals surface area contributed by atoms with Gasteiger partial charge in [0.1, 0.15) is 0 Å². The van der Waals surface area contributed by atoms with E-state index in [-0.39, 0.29) is 12.0 Å². The molecule has 0 radical (unpaired) electrons. The maximum Gasteiger partial charge on any atom is 0.393 e. The van der Waals surface area contributed by atoms with Gasteiger partial charge in [-0.05, 0) is 19.3 Å². The Balaban J connectivity index is 1.94. The molecule has 0 bridgehead atoms. The molecule has 1 aromatic rings. The second kappa shape index (κ2) is 4.39. The highest BCUT2D eigenvalue weighted by molar-refractivity contribution is 5.81. The van der Waals surface area contributed by atoms with Gasteiger partial charge in [-0.15, -0.1) is 10.2 Å². The minimum atomic E-state index is -1.20. The Morgan fingerprint density at radius 2 is 2.33 bits per heavy atom. The molecular weight excluding hydrogens is 200 g/mol. The Morgan fingerprint density at radius 1 is 1.47 bits per heavy atom. The molecule has 82 valence electrons. The van der Waals surface area contributed by atoms with E-state index in [9.17, 15) is 4.79 Å². The number of aromatic nitrogens is 2. The predicted molar refractivity (Wildman–Crippen MR) is 48.6 cm³/mol. The molecule has 1 N–H and O–H groups in total. The van der Waals surface area contributed by atoms with Crippen molar-refractivity contribution in [3.63, 3.8) is 0 Å². The van der Waals surface area contributed by atoms with Crippen molar-refractivity contribution in [1.29, 1.82) is 0 Å². The average molecular weight is 212 g/mol. The first-order valence-corrected chi connectivity index (χ1v) is 4.93. The summed E-state index contributed by atoms with van der Waals surface area (Å²) in [4.78, 5) is 10.5. The van der Waals surface area contributed by atoms with Crippen LogP contribution in [0.5, 0.6) is 0 Å². The summed E-state index contributed by atoms with van der Waals surface area (Å²) in [5.74, 6) is -1.22. The van der Waals surface area contributed by atoms with Crippen LogP contribution in [0.3, 0.4) is 0 Å². The third kappa shape index (κ3) is 2.53. The number of aromatic carboxylic acids is 1. The highest BCUT2D eigenvalue weighted by atomic mass is 16.5. The third-order valence-electron chi connectivity index (χ3n) is 2.33. The van der Waals surface area contributed by atoms with Crippen molar-refractivity contribution in [3.05, 3.63) is 11.8 Å². The molecule has 0 saturated carbocycles. The molecule has 1 aliphatic heterocycles. The molecule has 1 unspecified atom stereocenters. The predicted octanol–water partition coefficient (Wildman–Crippen LogP) is 0.879. The molecule has 0 amide bonds. The van der Waals surface area contributed by atoms with E-state index in [4.69, 9.17) is 14.3 Å². The summed E-state index contributed by atoms with van der Waals surface area (Å²) in [6, 6.07) is 0. The molecule has 15 heavy (non-hydrogen) atoms. The SMILES string of the molecule is O=C(O)c1nnc(CC2CCCCO2)o1. The van der Waals surface area contributed by atoms with Crippen LogP contribution in [0.2, 0.25) is 0 Å². The lowest BCUT2D eigenvalue weighted by atomic mass is 10.1. The quantitative estimate of drug-likeness (QED) is 0.800. The van der Waals surface area contributed by atoms with Crippen LogP contribution in [0.1, 0.15) is 35.8 Å². The minimum absolute atomic E-state index is 0.0841.